The number of amides is 1. The van der Waals surface area contributed by atoms with E-state index >= 15 is 0 Å². The number of nitrogens with two attached hydrogens (primary N) is 1. The average molecular weight is 933 g/mol. The minimum atomic E-state index is -1.14. The number of carbonyl (C=O) groups excluding carboxylic acids is 1. The number of tetrazole rings is 1. The van der Waals surface area contributed by atoms with Gasteiger partial charge in [-0.2, -0.15) is 0 Å². The number of unbranched alkanes of at least 4 members (excludes halogenated alkanes) is 1. The summed E-state index contributed by atoms with van der Waals surface area (Å²) in [6.45, 7) is 2.32. The molecular weight excluding hydrogens is 890 g/mol. The summed E-state index contributed by atoms with van der Waals surface area (Å²) in [5.41, 5.74) is 10.8. The molecule has 0 saturated carbocycles. The predicted octanol–water partition coefficient (Wildman–Crippen LogP) is 10.5. The molecule has 2 aromatic heterocycles. The second-order valence-corrected chi connectivity index (χ2v) is 17.1. The van der Waals surface area contributed by atoms with Crippen molar-refractivity contribution in [3.8, 4) is 22.7 Å². The number of rotatable bonds is 15. The van der Waals surface area contributed by atoms with Crippen molar-refractivity contribution >= 4 is 50.4 Å². The van der Waals surface area contributed by atoms with Gasteiger partial charge in [0, 0.05) is 35.0 Å². The number of furan rings is 1. The van der Waals surface area contributed by atoms with Crippen LogP contribution in [0.4, 0.5) is 0 Å². The molecule has 0 bridgehead atoms. The number of aromatic nitrogens is 4. The van der Waals surface area contributed by atoms with E-state index in [2.05, 4.69) is 64.6 Å². The van der Waals surface area contributed by atoms with Crippen molar-refractivity contribution < 1.29 is 19.1 Å². The first-order valence-electron chi connectivity index (χ1n) is 21.0. The number of fused-ring (bicyclic) bond motifs is 1. The van der Waals surface area contributed by atoms with Crippen LogP contribution in [0.1, 0.15) is 64.4 Å². The van der Waals surface area contributed by atoms with Crippen molar-refractivity contribution in [3.63, 3.8) is 0 Å². The molecule has 11 nitrogen and oxygen atoms in total. The first-order valence-corrected chi connectivity index (χ1v) is 22.2. The fourth-order valence-corrected chi connectivity index (χ4v) is 9.88. The number of halogens is 2. The van der Waals surface area contributed by atoms with Gasteiger partial charge in [0.25, 0.3) is 0 Å². The Morgan fingerprint density at radius 1 is 0.812 bits per heavy atom. The van der Waals surface area contributed by atoms with Gasteiger partial charge < -0.3 is 25.5 Å². The number of nitrogens with one attached hydrogen (secondary N) is 1. The van der Waals surface area contributed by atoms with Gasteiger partial charge in [0.15, 0.2) is 11.2 Å². The highest BCUT2D eigenvalue weighted by Crippen LogP contribution is 2.44. The molecule has 64 heavy (non-hydrogen) atoms. The molecule has 1 atom stereocenters. The van der Waals surface area contributed by atoms with Crippen molar-refractivity contribution in [1.29, 1.82) is 0 Å². The molecule has 0 aliphatic carbocycles. The second-order valence-electron chi connectivity index (χ2n) is 15.9. The Hall–Kier alpha value is -7.02. The molecule has 1 aliphatic rings. The average Bonchev–Trinajstić information content (AvgIpc) is 4.01. The Labute approximate surface area is 383 Å². The third-order valence-electron chi connectivity index (χ3n) is 12.0. The van der Waals surface area contributed by atoms with Gasteiger partial charge >= 0.3 is 5.97 Å². The highest BCUT2D eigenvalue weighted by Gasteiger charge is 2.47. The highest BCUT2D eigenvalue weighted by molar-refractivity contribution is 9.10. The van der Waals surface area contributed by atoms with E-state index < -0.39 is 23.1 Å². The monoisotopic (exact) mass is 931 g/mol. The zero-order valence-corrected chi connectivity index (χ0v) is 37.1. The Balaban J connectivity index is 1.10. The van der Waals surface area contributed by atoms with E-state index in [1.54, 1.807) is 16.9 Å². The van der Waals surface area contributed by atoms with Gasteiger partial charge in [-0.25, -0.2) is 4.79 Å². The maximum atomic E-state index is 12.9. The fraction of sp³-hybridized carbons (Fsp3) is 0.157. The van der Waals surface area contributed by atoms with Crippen LogP contribution in [-0.4, -0.2) is 47.8 Å². The number of carboxylic acid groups (broad SMARTS) is 1. The largest absolute Gasteiger partial charge is 0.476 e. The topological polar surface area (TPSA) is 152 Å². The molecule has 13 heteroatoms. The summed E-state index contributed by atoms with van der Waals surface area (Å²) in [5.74, 6) is -0.665. The van der Waals surface area contributed by atoms with Crippen LogP contribution >= 0.6 is 27.5 Å². The van der Waals surface area contributed by atoms with Crippen molar-refractivity contribution in [2.45, 2.75) is 50.4 Å². The smallest absolute Gasteiger partial charge is 0.355 e. The lowest BCUT2D eigenvalue weighted by Crippen LogP contribution is -2.54. The van der Waals surface area contributed by atoms with Crippen LogP contribution in [0.5, 0.6) is 0 Å². The predicted molar refractivity (Wildman–Crippen MR) is 251 cm³/mol. The number of aliphatic carboxylic acids is 1. The Bertz CT molecular complexity index is 2920. The first kappa shape index (κ1) is 42.3. The van der Waals surface area contributed by atoms with Crippen LogP contribution < -0.4 is 11.1 Å². The minimum absolute atomic E-state index is 0.0103. The molecule has 3 heterocycles. The molecule has 4 N–H and O–H groups in total. The molecule has 1 amide bonds. The van der Waals surface area contributed by atoms with E-state index in [-0.39, 0.29) is 17.4 Å². The summed E-state index contributed by atoms with van der Waals surface area (Å²) in [7, 11) is 0. The quantitative estimate of drug-likeness (QED) is 0.0674. The third-order valence-corrected chi connectivity index (χ3v) is 13.0. The van der Waals surface area contributed by atoms with Crippen LogP contribution in [0.2, 0.25) is 0 Å². The summed E-state index contributed by atoms with van der Waals surface area (Å²) in [4.78, 5) is 28.3. The fourth-order valence-electron chi connectivity index (χ4n) is 8.92. The van der Waals surface area contributed by atoms with Crippen LogP contribution in [0, 0.1) is 0 Å². The zero-order valence-electron chi connectivity index (χ0n) is 34.8. The Kier molecular flexibility index (Phi) is 11.6. The van der Waals surface area contributed by atoms with Crippen molar-refractivity contribution in [1.82, 2.24) is 30.4 Å². The number of hydrogen-bond donors (Lipinski definition) is 3. The van der Waals surface area contributed by atoms with Crippen LogP contribution in [0.15, 0.2) is 177 Å². The maximum absolute atomic E-state index is 12.9. The molecule has 0 saturated heterocycles. The lowest BCUT2D eigenvalue weighted by atomic mass is 9.77. The molecule has 8 aromatic rings. The first-order chi connectivity index (χ1) is 31.1. The number of carbonyl (C=O) groups is 2. The summed E-state index contributed by atoms with van der Waals surface area (Å²) >= 11 is 10.6. The molecule has 1 aliphatic heterocycles. The van der Waals surface area contributed by atoms with Gasteiger partial charge in [0.1, 0.15) is 22.2 Å². The van der Waals surface area contributed by atoms with E-state index in [1.165, 1.54) is 0 Å². The van der Waals surface area contributed by atoms with E-state index in [9.17, 15) is 14.7 Å². The summed E-state index contributed by atoms with van der Waals surface area (Å²) in [5, 5.41) is 29.4. The second kappa shape index (κ2) is 17.6. The van der Waals surface area contributed by atoms with E-state index in [1.807, 2.05) is 114 Å². The van der Waals surface area contributed by atoms with Gasteiger partial charge in [-0.15, -0.1) is 15.0 Å². The van der Waals surface area contributed by atoms with E-state index in [4.69, 9.17) is 37.2 Å². The van der Waals surface area contributed by atoms with Gasteiger partial charge in [-0.3, -0.25) is 4.79 Å². The number of primary amides is 1. The summed E-state index contributed by atoms with van der Waals surface area (Å²) in [6, 6.07) is 51.3. The normalized spacial score (nSPS) is 15.1. The Morgan fingerprint density at radius 2 is 1.39 bits per heavy atom. The SMILES string of the molecule is CCCCC1(Cc2ccc(C(N)=O)cc2)NC(Cl)=C(C(=O)O)N1Cc1ccc2oc(-c3ccccc3-c3nnn(C(c4ccccc4)(c4ccccc4)c4ccccc4)n3)c(Br)c2c1. The van der Waals surface area contributed by atoms with Crippen LogP contribution in [0.3, 0.4) is 0 Å². The molecule has 0 spiro atoms. The molecule has 1 unspecified atom stereocenters. The van der Waals surface area contributed by atoms with Crippen molar-refractivity contribution in [2.24, 2.45) is 5.73 Å². The molecule has 6 aromatic carbocycles. The molecular formula is C51H43BrClN7O4. The van der Waals surface area contributed by atoms with Gasteiger partial charge in [-0.05, 0) is 86.1 Å². The Morgan fingerprint density at radius 3 is 1.97 bits per heavy atom. The molecule has 9 rings (SSSR count). The number of nitrogens with zero attached hydrogens (tertiary/aromatic N) is 5. The van der Waals surface area contributed by atoms with Crippen molar-refractivity contribution in [3.05, 3.63) is 206 Å². The van der Waals surface area contributed by atoms with Crippen molar-refractivity contribution in [2.75, 3.05) is 0 Å². The van der Waals surface area contributed by atoms with Crippen LogP contribution in [0.25, 0.3) is 33.7 Å². The molecule has 0 radical (unpaired) electrons. The molecule has 0 fully saturated rings. The number of benzene rings is 6. The summed E-state index contributed by atoms with van der Waals surface area (Å²) in [6.07, 6.45) is 2.72. The third kappa shape index (κ3) is 7.62. The van der Waals surface area contributed by atoms with E-state index in [0.29, 0.717) is 35.6 Å². The van der Waals surface area contributed by atoms with Gasteiger partial charge in [-0.1, -0.05) is 158 Å². The van der Waals surface area contributed by atoms with E-state index in [0.717, 1.165) is 61.6 Å². The van der Waals surface area contributed by atoms with Gasteiger partial charge in [0.05, 0.1) is 4.47 Å². The van der Waals surface area contributed by atoms with Crippen LogP contribution in [-0.2, 0) is 23.3 Å². The number of hydrogen-bond acceptors (Lipinski definition) is 8. The lowest BCUT2D eigenvalue weighted by Gasteiger charge is -2.41. The summed E-state index contributed by atoms with van der Waals surface area (Å²) < 4.78 is 7.33. The highest BCUT2D eigenvalue weighted by atomic mass is 79.9. The molecule has 320 valence electrons. The minimum Gasteiger partial charge on any atom is -0.476 e. The number of carboxylic acids is 1. The lowest BCUT2D eigenvalue weighted by molar-refractivity contribution is -0.135. The maximum Gasteiger partial charge on any atom is 0.355 e. The standard InChI is InChI=1S/C51H43BrClN7O4/c1-2-3-29-50(31-33-23-26-35(27-24-33)47(54)61)55-46(53)44(49(62)63)59(50)32-34-25-28-42-41(30-34)43(52)45(64-42)39-21-13-14-22-40(39)48-56-58-60(57-48)51(36-15-7-4-8-16-36,37-17-9-5-10-18-37)38-19-11-6-12-20-38/h4-28,30,55H,2-3,29,31-32H2,1H3,(H2,54,61)(H,62,63). The van der Waals surface area contributed by atoms with Gasteiger partial charge in [0.2, 0.25) is 11.7 Å². The zero-order chi connectivity index (χ0) is 44.4.